The van der Waals surface area contributed by atoms with Crippen molar-refractivity contribution in [1.29, 1.82) is 0 Å². The molecule has 0 bridgehead atoms. The molecule has 0 saturated carbocycles. The second-order valence-corrected chi connectivity index (χ2v) is 11.0. The Morgan fingerprint density at radius 2 is 2.06 bits per heavy atom. The number of benzene rings is 2. The maximum atomic E-state index is 13.3. The van der Waals surface area contributed by atoms with E-state index >= 15 is 0 Å². The number of carbonyl (C=O) groups excluding carboxylic acids is 1. The van der Waals surface area contributed by atoms with Crippen LogP contribution in [-0.2, 0) is 14.8 Å². The van der Waals surface area contributed by atoms with Crippen molar-refractivity contribution >= 4 is 65.9 Å². The van der Waals surface area contributed by atoms with E-state index in [4.69, 9.17) is 0 Å². The highest BCUT2D eigenvalue weighted by molar-refractivity contribution is 7.89. The van der Waals surface area contributed by atoms with Crippen LogP contribution >= 0.6 is 23.1 Å². The SMILES string of the molecule is C[C@@H]1CN(S(=O)(=O)c2cccc3nsnc23)CC[C@@H]1C(=O)Nc1ccc2scnc2c1. The van der Waals surface area contributed by atoms with E-state index in [-0.39, 0.29) is 35.7 Å². The summed E-state index contributed by atoms with van der Waals surface area (Å²) in [5, 5.41) is 2.97. The largest absolute Gasteiger partial charge is 0.326 e. The van der Waals surface area contributed by atoms with Crippen LogP contribution < -0.4 is 5.32 Å². The fraction of sp³-hybridized carbons (Fsp3) is 0.300. The number of hydrogen-bond acceptors (Lipinski definition) is 8. The van der Waals surface area contributed by atoms with E-state index < -0.39 is 10.0 Å². The molecule has 3 heterocycles. The Morgan fingerprint density at radius 3 is 2.90 bits per heavy atom. The first-order valence-electron chi connectivity index (χ1n) is 9.79. The van der Waals surface area contributed by atoms with Gasteiger partial charge in [0.15, 0.2) is 0 Å². The Hall–Kier alpha value is -2.47. The van der Waals surface area contributed by atoms with Gasteiger partial charge in [-0.3, -0.25) is 4.79 Å². The summed E-state index contributed by atoms with van der Waals surface area (Å²) in [5.74, 6) is -0.487. The van der Waals surface area contributed by atoms with Crippen LogP contribution in [0.2, 0.25) is 0 Å². The fourth-order valence-electron chi connectivity index (χ4n) is 4.01. The summed E-state index contributed by atoms with van der Waals surface area (Å²) in [4.78, 5) is 17.4. The molecule has 1 aliphatic rings. The Morgan fingerprint density at radius 1 is 1.19 bits per heavy atom. The monoisotopic (exact) mass is 473 g/mol. The second kappa shape index (κ2) is 7.90. The third kappa shape index (κ3) is 3.71. The van der Waals surface area contributed by atoms with Crippen molar-refractivity contribution in [2.45, 2.75) is 18.2 Å². The lowest BCUT2D eigenvalue weighted by atomic mass is 9.87. The Bertz CT molecular complexity index is 1380. The van der Waals surface area contributed by atoms with Crippen molar-refractivity contribution in [3.05, 3.63) is 41.9 Å². The number of nitrogens with one attached hydrogen (secondary N) is 1. The molecule has 2 aromatic carbocycles. The van der Waals surface area contributed by atoms with E-state index in [0.29, 0.717) is 23.1 Å². The number of rotatable bonds is 4. The van der Waals surface area contributed by atoms with Crippen LogP contribution in [0.25, 0.3) is 21.3 Å². The topological polar surface area (TPSA) is 105 Å². The van der Waals surface area contributed by atoms with Crippen LogP contribution in [0.5, 0.6) is 0 Å². The molecule has 160 valence electrons. The lowest BCUT2D eigenvalue weighted by Crippen LogP contribution is -2.46. The molecule has 8 nitrogen and oxygen atoms in total. The summed E-state index contributed by atoms with van der Waals surface area (Å²) in [6, 6.07) is 10.7. The van der Waals surface area contributed by atoms with Gasteiger partial charge in [0.1, 0.15) is 15.9 Å². The number of amides is 1. The average Bonchev–Trinajstić information content (AvgIpc) is 3.42. The highest BCUT2D eigenvalue weighted by Crippen LogP contribution is 2.31. The van der Waals surface area contributed by atoms with Gasteiger partial charge in [0.05, 0.1) is 27.5 Å². The zero-order valence-electron chi connectivity index (χ0n) is 16.6. The van der Waals surface area contributed by atoms with Crippen molar-refractivity contribution < 1.29 is 13.2 Å². The van der Waals surface area contributed by atoms with E-state index in [0.717, 1.165) is 21.9 Å². The van der Waals surface area contributed by atoms with Crippen molar-refractivity contribution in [2.75, 3.05) is 18.4 Å². The van der Waals surface area contributed by atoms with E-state index in [2.05, 4.69) is 19.0 Å². The molecule has 31 heavy (non-hydrogen) atoms. The van der Waals surface area contributed by atoms with Crippen molar-refractivity contribution in [3.63, 3.8) is 0 Å². The quantitative estimate of drug-likeness (QED) is 0.486. The van der Waals surface area contributed by atoms with E-state index in [1.807, 2.05) is 25.1 Å². The second-order valence-electron chi connectivity index (χ2n) is 7.65. The van der Waals surface area contributed by atoms with Gasteiger partial charge in [0.2, 0.25) is 15.9 Å². The number of thiazole rings is 1. The first-order chi connectivity index (χ1) is 14.9. The van der Waals surface area contributed by atoms with Crippen molar-refractivity contribution in [3.8, 4) is 0 Å². The van der Waals surface area contributed by atoms with E-state index in [1.165, 1.54) is 4.31 Å². The molecule has 2 atom stereocenters. The molecule has 5 rings (SSSR count). The van der Waals surface area contributed by atoms with Gasteiger partial charge in [-0.05, 0) is 42.7 Å². The van der Waals surface area contributed by atoms with Crippen LogP contribution in [0, 0.1) is 11.8 Å². The first-order valence-corrected chi connectivity index (χ1v) is 12.8. The highest BCUT2D eigenvalue weighted by atomic mass is 32.2. The number of hydrogen-bond donors (Lipinski definition) is 1. The molecule has 2 aromatic heterocycles. The van der Waals surface area contributed by atoms with Crippen molar-refractivity contribution in [2.24, 2.45) is 11.8 Å². The summed E-state index contributed by atoms with van der Waals surface area (Å²) < 4.78 is 37.4. The maximum absolute atomic E-state index is 13.3. The molecule has 1 amide bonds. The number of aromatic nitrogens is 3. The number of piperidine rings is 1. The average molecular weight is 474 g/mol. The van der Waals surface area contributed by atoms with E-state index in [9.17, 15) is 13.2 Å². The third-order valence-corrected chi connectivity index (χ3v) is 8.92. The number of fused-ring (bicyclic) bond motifs is 2. The molecule has 0 radical (unpaired) electrons. The molecule has 11 heteroatoms. The predicted molar refractivity (Wildman–Crippen MR) is 122 cm³/mol. The van der Waals surface area contributed by atoms with Crippen LogP contribution in [0.4, 0.5) is 5.69 Å². The summed E-state index contributed by atoms with van der Waals surface area (Å²) >= 11 is 2.55. The number of carbonyl (C=O) groups is 1. The molecule has 0 unspecified atom stereocenters. The van der Waals surface area contributed by atoms with Crippen LogP contribution in [0.15, 0.2) is 46.8 Å². The summed E-state index contributed by atoms with van der Waals surface area (Å²) in [7, 11) is -3.72. The van der Waals surface area contributed by atoms with Gasteiger partial charge in [-0.25, -0.2) is 13.4 Å². The number of nitrogens with zero attached hydrogens (tertiary/aromatic N) is 4. The minimum atomic E-state index is -3.72. The lowest BCUT2D eigenvalue weighted by Gasteiger charge is -2.35. The van der Waals surface area contributed by atoms with E-state index in [1.54, 1.807) is 35.0 Å². The fourth-order valence-corrected chi connectivity index (χ4v) is 6.98. The van der Waals surface area contributed by atoms with Gasteiger partial charge in [-0.15, -0.1) is 11.3 Å². The highest BCUT2D eigenvalue weighted by Gasteiger charge is 2.37. The standard InChI is InChI=1S/C20H19N5O3S3/c1-12-10-25(31(27,28)18-4-2-3-15-19(18)24-30-23-15)8-7-14(12)20(26)22-13-5-6-17-16(9-13)21-11-29-17/h2-6,9,11-12,14H,7-8,10H2,1H3,(H,22,26)/t12-,14+/m1/s1. The van der Waals surface area contributed by atoms with Gasteiger partial charge < -0.3 is 5.32 Å². The molecule has 4 aromatic rings. The predicted octanol–water partition coefficient (Wildman–Crippen LogP) is 3.59. The van der Waals surface area contributed by atoms with Gasteiger partial charge in [0.25, 0.3) is 0 Å². The van der Waals surface area contributed by atoms with Gasteiger partial charge in [-0.2, -0.15) is 13.1 Å². The normalized spacial score (nSPS) is 20.3. The zero-order valence-corrected chi connectivity index (χ0v) is 19.0. The summed E-state index contributed by atoms with van der Waals surface area (Å²) in [6.45, 7) is 2.48. The molecule has 1 aliphatic heterocycles. The third-order valence-electron chi connectivity index (χ3n) is 5.67. The minimum absolute atomic E-state index is 0.0927. The van der Waals surface area contributed by atoms with Crippen LogP contribution in [0.3, 0.4) is 0 Å². The molecule has 0 spiro atoms. The summed E-state index contributed by atoms with van der Waals surface area (Å²) in [6.07, 6.45) is 0.455. The zero-order chi connectivity index (χ0) is 21.6. The molecule has 0 aliphatic carbocycles. The van der Waals surface area contributed by atoms with Gasteiger partial charge >= 0.3 is 0 Å². The maximum Gasteiger partial charge on any atom is 0.245 e. The minimum Gasteiger partial charge on any atom is -0.326 e. The molecular formula is C20H19N5O3S3. The number of sulfonamides is 1. The Kier molecular flexibility index (Phi) is 5.21. The lowest BCUT2D eigenvalue weighted by molar-refractivity contribution is -0.122. The van der Waals surface area contributed by atoms with Gasteiger partial charge in [-0.1, -0.05) is 13.0 Å². The van der Waals surface area contributed by atoms with Crippen LogP contribution in [0.1, 0.15) is 13.3 Å². The molecule has 1 saturated heterocycles. The Balaban J connectivity index is 1.31. The molecule has 1 N–H and O–H groups in total. The molecular weight excluding hydrogens is 454 g/mol. The number of anilines is 1. The molecule has 1 fully saturated rings. The smallest absolute Gasteiger partial charge is 0.245 e. The van der Waals surface area contributed by atoms with Crippen molar-refractivity contribution in [1.82, 2.24) is 18.0 Å². The Labute approximate surface area is 187 Å². The van der Waals surface area contributed by atoms with Gasteiger partial charge in [0, 0.05) is 24.7 Å². The van der Waals surface area contributed by atoms with Crippen LogP contribution in [-0.4, -0.2) is 45.5 Å². The summed E-state index contributed by atoms with van der Waals surface area (Å²) in [5.41, 5.74) is 4.30. The first kappa shape index (κ1) is 20.4.